The molecule has 1 aromatic heterocycles. The average molecular weight is 368 g/mol. The molecular weight excluding hydrogens is 347 g/mol. The van der Waals surface area contributed by atoms with Crippen LogP contribution in [0.4, 0.5) is 4.39 Å². The number of H-pyrrole nitrogens is 1. The number of aromatic nitrogens is 2. The number of nitrogens with zero attached hydrogens (tertiary/aromatic N) is 2. The molecule has 0 aliphatic heterocycles. The van der Waals surface area contributed by atoms with E-state index in [0.29, 0.717) is 35.3 Å². The summed E-state index contributed by atoms with van der Waals surface area (Å²) in [7, 11) is 3.58. The maximum absolute atomic E-state index is 13.1. The highest BCUT2D eigenvalue weighted by atomic mass is 19.1. The molecule has 1 atom stereocenters. The molecule has 0 saturated heterocycles. The molecule has 0 spiro atoms. The molecule has 0 bridgehead atoms. The largest absolute Gasteiger partial charge is 0.354 e. The highest BCUT2D eigenvalue weighted by molar-refractivity contribution is 5.83. The fraction of sp³-hybridized carbons (Fsp3) is 0.250. The number of hydrogen-bond donors (Lipinski definition) is 2. The number of benzene rings is 2. The molecule has 2 N–H and O–H groups in total. The van der Waals surface area contributed by atoms with Gasteiger partial charge in [-0.2, -0.15) is 0 Å². The first kappa shape index (κ1) is 18.7. The van der Waals surface area contributed by atoms with Crippen molar-refractivity contribution in [1.29, 1.82) is 0 Å². The molecule has 140 valence electrons. The van der Waals surface area contributed by atoms with Crippen LogP contribution >= 0.6 is 0 Å². The number of para-hydroxylation sites is 1. The van der Waals surface area contributed by atoms with Crippen molar-refractivity contribution in [3.8, 4) is 0 Å². The first-order valence-electron chi connectivity index (χ1n) is 8.63. The minimum Gasteiger partial charge on any atom is -0.354 e. The first-order chi connectivity index (χ1) is 13.0. The van der Waals surface area contributed by atoms with Crippen molar-refractivity contribution >= 4 is 16.8 Å². The predicted octanol–water partition coefficient (Wildman–Crippen LogP) is 2.02. The summed E-state index contributed by atoms with van der Waals surface area (Å²) in [4.78, 5) is 33.6. The third-order valence-corrected chi connectivity index (χ3v) is 4.27. The van der Waals surface area contributed by atoms with E-state index in [0.717, 1.165) is 0 Å². The molecule has 1 amide bonds. The number of aromatic amines is 1. The SMILES string of the molecule is CN(C)[C@@H](C(=O)NCCc1nc2ccccc2c(=O)[nH]1)c1ccc(F)cc1. The molecule has 27 heavy (non-hydrogen) atoms. The smallest absolute Gasteiger partial charge is 0.258 e. The van der Waals surface area contributed by atoms with Crippen LogP contribution in [0.1, 0.15) is 17.4 Å². The lowest BCUT2D eigenvalue weighted by molar-refractivity contribution is -0.125. The molecule has 0 aliphatic carbocycles. The number of nitrogens with one attached hydrogen (secondary N) is 2. The number of halogens is 1. The second-order valence-electron chi connectivity index (χ2n) is 6.49. The van der Waals surface area contributed by atoms with Gasteiger partial charge in [0.25, 0.3) is 5.56 Å². The van der Waals surface area contributed by atoms with E-state index >= 15 is 0 Å². The number of rotatable bonds is 6. The quantitative estimate of drug-likeness (QED) is 0.698. The second-order valence-corrected chi connectivity index (χ2v) is 6.49. The third kappa shape index (κ3) is 4.38. The van der Waals surface area contributed by atoms with Gasteiger partial charge < -0.3 is 10.3 Å². The van der Waals surface area contributed by atoms with Gasteiger partial charge in [-0.25, -0.2) is 9.37 Å². The van der Waals surface area contributed by atoms with Gasteiger partial charge in [-0.1, -0.05) is 24.3 Å². The molecule has 3 aromatic rings. The van der Waals surface area contributed by atoms with Gasteiger partial charge in [-0.3, -0.25) is 14.5 Å². The Balaban J connectivity index is 1.67. The Morgan fingerprint density at radius 1 is 1.19 bits per heavy atom. The minimum absolute atomic E-state index is 0.195. The standard InChI is InChI=1S/C20H21FN4O2/c1-25(2)18(13-7-9-14(21)10-8-13)20(27)22-12-11-17-23-16-6-4-3-5-15(16)19(26)24-17/h3-10,18H,11-12H2,1-2H3,(H,22,27)(H,23,24,26)/t18-/m1/s1. The molecule has 0 fully saturated rings. The Morgan fingerprint density at radius 3 is 2.59 bits per heavy atom. The number of amides is 1. The van der Waals surface area contributed by atoms with Crippen molar-refractivity contribution in [2.75, 3.05) is 20.6 Å². The molecular formula is C20H21FN4O2. The maximum atomic E-state index is 13.1. The van der Waals surface area contributed by atoms with E-state index in [1.165, 1.54) is 12.1 Å². The summed E-state index contributed by atoms with van der Waals surface area (Å²) >= 11 is 0. The zero-order chi connectivity index (χ0) is 19.4. The molecule has 7 heteroatoms. The van der Waals surface area contributed by atoms with E-state index in [1.54, 1.807) is 49.3 Å². The summed E-state index contributed by atoms with van der Waals surface area (Å²) in [5.41, 5.74) is 1.13. The summed E-state index contributed by atoms with van der Waals surface area (Å²) in [6.45, 7) is 0.325. The van der Waals surface area contributed by atoms with Crippen LogP contribution in [0.25, 0.3) is 10.9 Å². The molecule has 0 radical (unpaired) electrons. The molecule has 0 aliphatic rings. The zero-order valence-corrected chi connectivity index (χ0v) is 15.2. The number of hydrogen-bond acceptors (Lipinski definition) is 4. The highest BCUT2D eigenvalue weighted by Gasteiger charge is 2.22. The average Bonchev–Trinajstić information content (AvgIpc) is 2.63. The predicted molar refractivity (Wildman–Crippen MR) is 102 cm³/mol. The van der Waals surface area contributed by atoms with E-state index in [1.807, 2.05) is 6.07 Å². The van der Waals surface area contributed by atoms with Crippen LogP contribution in [-0.4, -0.2) is 41.4 Å². The van der Waals surface area contributed by atoms with Crippen LogP contribution in [0.3, 0.4) is 0 Å². The molecule has 6 nitrogen and oxygen atoms in total. The van der Waals surface area contributed by atoms with Gasteiger partial charge in [-0.15, -0.1) is 0 Å². The summed E-state index contributed by atoms with van der Waals surface area (Å²) in [6.07, 6.45) is 0.398. The van der Waals surface area contributed by atoms with E-state index in [-0.39, 0.29) is 17.3 Å². The van der Waals surface area contributed by atoms with Gasteiger partial charge in [0, 0.05) is 13.0 Å². The second kappa shape index (κ2) is 8.09. The molecule has 1 heterocycles. The first-order valence-corrected chi connectivity index (χ1v) is 8.63. The van der Waals surface area contributed by atoms with Gasteiger partial charge in [-0.05, 0) is 43.9 Å². The van der Waals surface area contributed by atoms with Crippen LogP contribution in [-0.2, 0) is 11.2 Å². The van der Waals surface area contributed by atoms with Crippen molar-refractivity contribution in [1.82, 2.24) is 20.2 Å². The lowest BCUT2D eigenvalue weighted by Crippen LogP contribution is -2.38. The Bertz CT molecular complexity index is 999. The molecule has 2 aromatic carbocycles. The minimum atomic E-state index is -0.533. The van der Waals surface area contributed by atoms with E-state index in [4.69, 9.17) is 0 Å². The monoisotopic (exact) mass is 368 g/mol. The summed E-state index contributed by atoms with van der Waals surface area (Å²) < 4.78 is 13.1. The van der Waals surface area contributed by atoms with Gasteiger partial charge in [0.05, 0.1) is 10.9 Å². The van der Waals surface area contributed by atoms with Crippen molar-refractivity contribution in [2.24, 2.45) is 0 Å². The van der Waals surface area contributed by atoms with Gasteiger partial charge in [0.2, 0.25) is 5.91 Å². The molecule has 0 unspecified atom stereocenters. The van der Waals surface area contributed by atoms with E-state index in [2.05, 4.69) is 15.3 Å². The summed E-state index contributed by atoms with van der Waals surface area (Å²) in [6, 6.07) is 12.4. The normalized spacial score (nSPS) is 12.3. The van der Waals surface area contributed by atoms with Gasteiger partial charge in [0.1, 0.15) is 17.7 Å². The van der Waals surface area contributed by atoms with Crippen molar-refractivity contribution < 1.29 is 9.18 Å². The number of likely N-dealkylation sites (N-methyl/N-ethyl adjacent to an activating group) is 1. The lowest BCUT2D eigenvalue weighted by Gasteiger charge is -2.23. The Labute approximate surface area is 156 Å². The maximum Gasteiger partial charge on any atom is 0.258 e. The van der Waals surface area contributed by atoms with Crippen molar-refractivity contribution in [2.45, 2.75) is 12.5 Å². The fourth-order valence-corrected chi connectivity index (χ4v) is 2.98. The van der Waals surface area contributed by atoms with Crippen LogP contribution in [0.2, 0.25) is 0 Å². The Hall–Kier alpha value is -3.06. The van der Waals surface area contributed by atoms with E-state index < -0.39 is 6.04 Å². The molecule has 3 rings (SSSR count). The molecule has 0 saturated carbocycles. The Kier molecular flexibility index (Phi) is 5.61. The zero-order valence-electron chi connectivity index (χ0n) is 15.2. The van der Waals surface area contributed by atoms with Gasteiger partial charge in [0.15, 0.2) is 0 Å². The summed E-state index contributed by atoms with van der Waals surface area (Å²) in [5.74, 6) is -0.0278. The lowest BCUT2D eigenvalue weighted by atomic mass is 10.1. The number of carbonyl (C=O) groups is 1. The van der Waals surface area contributed by atoms with E-state index in [9.17, 15) is 14.0 Å². The third-order valence-electron chi connectivity index (χ3n) is 4.27. The van der Waals surface area contributed by atoms with Crippen LogP contribution in [0.5, 0.6) is 0 Å². The van der Waals surface area contributed by atoms with Gasteiger partial charge >= 0.3 is 0 Å². The Morgan fingerprint density at radius 2 is 1.89 bits per heavy atom. The highest BCUT2D eigenvalue weighted by Crippen LogP contribution is 2.18. The van der Waals surface area contributed by atoms with Crippen LogP contribution in [0.15, 0.2) is 53.3 Å². The van der Waals surface area contributed by atoms with Crippen molar-refractivity contribution in [3.63, 3.8) is 0 Å². The van der Waals surface area contributed by atoms with Crippen LogP contribution in [0, 0.1) is 5.82 Å². The number of fused-ring (bicyclic) bond motifs is 1. The van der Waals surface area contributed by atoms with Crippen LogP contribution < -0.4 is 10.9 Å². The topological polar surface area (TPSA) is 78.1 Å². The van der Waals surface area contributed by atoms with Crippen molar-refractivity contribution in [3.05, 3.63) is 76.1 Å². The fourth-order valence-electron chi connectivity index (χ4n) is 2.98. The summed E-state index contributed by atoms with van der Waals surface area (Å²) in [5, 5.41) is 3.39. The number of carbonyl (C=O) groups excluding carboxylic acids is 1.